The molecule has 0 atom stereocenters. The normalized spacial score (nSPS) is 10.6. The van der Waals surface area contributed by atoms with Crippen LogP contribution in [0.3, 0.4) is 0 Å². The van der Waals surface area contributed by atoms with Gasteiger partial charge in [0.2, 0.25) is 0 Å². The maximum absolute atomic E-state index is 9.65. The standard InChI is InChI=1S/C18H30O.C11H24/c1-2-3-4-5-6-7-8-9-10-11-14-17-15-12-13-16-18(17)19;1-3-5-7-9-11-10-8-6-4-2/h12-13,15-16,19H,2-11,14H2,1H3;3-11H2,1-2H3. The third-order valence-corrected chi connectivity index (χ3v) is 6.00. The summed E-state index contributed by atoms with van der Waals surface area (Å²) in [6.45, 7) is 6.82. The topological polar surface area (TPSA) is 20.2 Å². The number of para-hydroxylation sites is 1. The van der Waals surface area contributed by atoms with E-state index in [1.165, 1.54) is 122 Å². The molecular weight excluding hydrogens is 364 g/mol. The number of unbranched alkanes of at least 4 members (excludes halogenated alkanes) is 17. The minimum atomic E-state index is 0.457. The Morgan fingerprint density at radius 2 is 0.800 bits per heavy atom. The summed E-state index contributed by atoms with van der Waals surface area (Å²) in [6.07, 6.45) is 27.6. The van der Waals surface area contributed by atoms with Crippen molar-refractivity contribution in [1.29, 1.82) is 0 Å². The number of hydrogen-bond acceptors (Lipinski definition) is 1. The first-order valence-corrected chi connectivity index (χ1v) is 13.5. The van der Waals surface area contributed by atoms with Crippen LogP contribution in [0.15, 0.2) is 24.3 Å². The largest absolute Gasteiger partial charge is 0.508 e. The van der Waals surface area contributed by atoms with Crippen LogP contribution in [0.1, 0.15) is 148 Å². The lowest BCUT2D eigenvalue weighted by atomic mass is 10.0. The third-order valence-electron chi connectivity index (χ3n) is 6.00. The van der Waals surface area contributed by atoms with Crippen molar-refractivity contribution in [3.8, 4) is 5.75 Å². The molecule has 0 fully saturated rings. The van der Waals surface area contributed by atoms with Gasteiger partial charge in [-0.3, -0.25) is 0 Å². The van der Waals surface area contributed by atoms with E-state index in [1.54, 1.807) is 6.07 Å². The molecule has 0 aliphatic rings. The summed E-state index contributed by atoms with van der Waals surface area (Å²) in [5.41, 5.74) is 1.10. The summed E-state index contributed by atoms with van der Waals surface area (Å²) in [6, 6.07) is 7.71. The van der Waals surface area contributed by atoms with E-state index < -0.39 is 0 Å². The predicted molar refractivity (Wildman–Crippen MR) is 137 cm³/mol. The van der Waals surface area contributed by atoms with Gasteiger partial charge in [0.25, 0.3) is 0 Å². The third kappa shape index (κ3) is 20.3. The molecule has 0 unspecified atom stereocenters. The van der Waals surface area contributed by atoms with E-state index in [1.807, 2.05) is 18.2 Å². The zero-order chi connectivity index (χ0) is 22.1. The summed E-state index contributed by atoms with van der Waals surface area (Å²) in [5.74, 6) is 0.457. The summed E-state index contributed by atoms with van der Waals surface area (Å²) in [4.78, 5) is 0. The number of phenols is 1. The van der Waals surface area contributed by atoms with Crippen molar-refractivity contribution in [3.63, 3.8) is 0 Å². The smallest absolute Gasteiger partial charge is 0.118 e. The molecule has 1 aromatic carbocycles. The molecule has 1 nitrogen and oxygen atoms in total. The quantitative estimate of drug-likeness (QED) is 0.221. The van der Waals surface area contributed by atoms with Gasteiger partial charge in [-0.25, -0.2) is 0 Å². The van der Waals surface area contributed by atoms with Gasteiger partial charge in [-0.15, -0.1) is 0 Å². The Morgan fingerprint density at radius 3 is 1.17 bits per heavy atom. The van der Waals surface area contributed by atoms with Crippen LogP contribution in [0.2, 0.25) is 0 Å². The van der Waals surface area contributed by atoms with Gasteiger partial charge in [-0.1, -0.05) is 155 Å². The van der Waals surface area contributed by atoms with Crippen LogP contribution in [0.25, 0.3) is 0 Å². The van der Waals surface area contributed by atoms with Crippen LogP contribution in [0, 0.1) is 0 Å². The molecule has 0 saturated heterocycles. The molecule has 0 aliphatic heterocycles. The van der Waals surface area contributed by atoms with Gasteiger partial charge in [-0.05, 0) is 24.5 Å². The first-order valence-electron chi connectivity index (χ1n) is 13.5. The fourth-order valence-corrected chi connectivity index (χ4v) is 3.91. The molecule has 0 saturated carbocycles. The van der Waals surface area contributed by atoms with Gasteiger partial charge in [0.05, 0.1) is 0 Å². The van der Waals surface area contributed by atoms with E-state index in [4.69, 9.17) is 0 Å². The second-order valence-corrected chi connectivity index (χ2v) is 9.04. The number of hydrogen-bond donors (Lipinski definition) is 1. The molecule has 30 heavy (non-hydrogen) atoms. The SMILES string of the molecule is CCCCCCCCCCC.CCCCCCCCCCCCc1ccccc1O. The highest BCUT2D eigenvalue weighted by molar-refractivity contribution is 5.31. The first-order chi connectivity index (χ1) is 14.8. The van der Waals surface area contributed by atoms with Crippen LogP contribution in [0.5, 0.6) is 5.75 Å². The second-order valence-electron chi connectivity index (χ2n) is 9.04. The summed E-state index contributed by atoms with van der Waals surface area (Å²) in [7, 11) is 0. The molecule has 0 spiro atoms. The Labute approximate surface area is 190 Å². The molecule has 1 N–H and O–H groups in total. The Bertz CT molecular complexity index is 432. The molecule has 0 heterocycles. The lowest BCUT2D eigenvalue weighted by molar-refractivity contribution is 0.466. The van der Waals surface area contributed by atoms with Crippen molar-refractivity contribution < 1.29 is 5.11 Å². The van der Waals surface area contributed by atoms with Gasteiger partial charge in [0.1, 0.15) is 5.75 Å². The molecular formula is C29H54O. The number of phenolic OH excluding ortho intramolecular Hbond substituents is 1. The molecule has 1 heteroatoms. The molecule has 0 radical (unpaired) electrons. The Hall–Kier alpha value is -0.980. The highest BCUT2D eigenvalue weighted by atomic mass is 16.3. The maximum Gasteiger partial charge on any atom is 0.118 e. The molecule has 1 aromatic rings. The predicted octanol–water partition coefficient (Wildman–Crippen LogP) is 10.4. The van der Waals surface area contributed by atoms with Crippen LogP contribution in [-0.2, 0) is 6.42 Å². The lowest BCUT2D eigenvalue weighted by Gasteiger charge is -2.04. The Morgan fingerprint density at radius 1 is 0.467 bits per heavy atom. The second kappa shape index (κ2) is 24.3. The molecule has 0 bridgehead atoms. The van der Waals surface area contributed by atoms with Crippen LogP contribution in [0.4, 0.5) is 0 Å². The van der Waals surface area contributed by atoms with E-state index in [0.29, 0.717) is 5.75 Å². The average molecular weight is 419 g/mol. The van der Waals surface area contributed by atoms with Crippen molar-refractivity contribution >= 4 is 0 Å². The van der Waals surface area contributed by atoms with Crippen LogP contribution in [-0.4, -0.2) is 5.11 Å². The lowest BCUT2D eigenvalue weighted by Crippen LogP contribution is -1.87. The molecule has 0 amide bonds. The number of benzene rings is 1. The summed E-state index contributed by atoms with van der Waals surface area (Å²) < 4.78 is 0. The van der Waals surface area contributed by atoms with E-state index in [-0.39, 0.29) is 0 Å². The van der Waals surface area contributed by atoms with Gasteiger partial charge in [-0.2, -0.15) is 0 Å². The minimum absolute atomic E-state index is 0.457. The fraction of sp³-hybridized carbons (Fsp3) is 0.793. The Balaban J connectivity index is 0.000000654. The van der Waals surface area contributed by atoms with Gasteiger partial charge in [0, 0.05) is 0 Å². The number of rotatable bonds is 19. The number of aryl methyl sites for hydroxylation is 1. The van der Waals surface area contributed by atoms with Gasteiger partial charge < -0.3 is 5.11 Å². The van der Waals surface area contributed by atoms with E-state index in [0.717, 1.165) is 12.0 Å². The van der Waals surface area contributed by atoms with Gasteiger partial charge in [0.15, 0.2) is 0 Å². The monoisotopic (exact) mass is 418 g/mol. The van der Waals surface area contributed by atoms with Crippen molar-refractivity contribution in [2.75, 3.05) is 0 Å². The zero-order valence-corrected chi connectivity index (χ0v) is 20.9. The van der Waals surface area contributed by atoms with Gasteiger partial charge >= 0.3 is 0 Å². The summed E-state index contributed by atoms with van der Waals surface area (Å²) >= 11 is 0. The maximum atomic E-state index is 9.65. The van der Waals surface area contributed by atoms with Crippen molar-refractivity contribution in [2.24, 2.45) is 0 Å². The number of aromatic hydroxyl groups is 1. The fourth-order valence-electron chi connectivity index (χ4n) is 3.91. The van der Waals surface area contributed by atoms with E-state index >= 15 is 0 Å². The first kappa shape index (κ1) is 29.0. The van der Waals surface area contributed by atoms with Crippen LogP contribution < -0.4 is 0 Å². The van der Waals surface area contributed by atoms with Crippen molar-refractivity contribution in [2.45, 2.75) is 149 Å². The Kier molecular flexibility index (Phi) is 23.5. The molecule has 176 valence electrons. The zero-order valence-electron chi connectivity index (χ0n) is 20.9. The highest BCUT2D eigenvalue weighted by Crippen LogP contribution is 2.19. The minimum Gasteiger partial charge on any atom is -0.508 e. The van der Waals surface area contributed by atoms with Crippen molar-refractivity contribution in [1.82, 2.24) is 0 Å². The molecule has 1 rings (SSSR count). The average Bonchev–Trinajstić information content (AvgIpc) is 2.76. The van der Waals surface area contributed by atoms with Crippen molar-refractivity contribution in [3.05, 3.63) is 29.8 Å². The molecule has 0 aromatic heterocycles. The molecule has 0 aliphatic carbocycles. The highest BCUT2D eigenvalue weighted by Gasteiger charge is 1.99. The van der Waals surface area contributed by atoms with E-state index in [2.05, 4.69) is 20.8 Å². The van der Waals surface area contributed by atoms with Crippen LogP contribution >= 0.6 is 0 Å². The summed E-state index contributed by atoms with van der Waals surface area (Å²) in [5, 5.41) is 9.65. The van der Waals surface area contributed by atoms with E-state index in [9.17, 15) is 5.11 Å².